The Hall–Kier alpha value is -2.58. The summed E-state index contributed by atoms with van der Waals surface area (Å²) in [6.07, 6.45) is 1.36. The van der Waals surface area contributed by atoms with Gasteiger partial charge in [-0.25, -0.2) is 14.5 Å². The number of aromatic nitrogens is 6. The van der Waals surface area contributed by atoms with Gasteiger partial charge >= 0.3 is 5.97 Å². The molecule has 100 valence electrons. The van der Waals surface area contributed by atoms with E-state index in [0.717, 1.165) is 11.4 Å². The van der Waals surface area contributed by atoms with Gasteiger partial charge in [-0.3, -0.25) is 0 Å². The van der Waals surface area contributed by atoms with Crippen molar-refractivity contribution in [1.82, 2.24) is 30.2 Å². The molecule has 0 aliphatic rings. The molecule has 0 radical (unpaired) electrons. The van der Waals surface area contributed by atoms with Gasteiger partial charge in [0, 0.05) is 6.54 Å². The fourth-order valence-electron chi connectivity index (χ4n) is 1.32. The van der Waals surface area contributed by atoms with E-state index in [1.165, 1.54) is 10.9 Å². The molecule has 0 fully saturated rings. The van der Waals surface area contributed by atoms with Gasteiger partial charge in [-0.2, -0.15) is 5.10 Å². The first-order valence-electron chi connectivity index (χ1n) is 5.61. The van der Waals surface area contributed by atoms with Crippen LogP contribution in [0.5, 0.6) is 0 Å². The van der Waals surface area contributed by atoms with Crippen molar-refractivity contribution in [3.05, 3.63) is 23.3 Å². The van der Waals surface area contributed by atoms with E-state index in [2.05, 4.69) is 30.8 Å². The van der Waals surface area contributed by atoms with E-state index in [-0.39, 0.29) is 5.69 Å². The lowest BCUT2D eigenvalue weighted by molar-refractivity contribution is 0.0690. The van der Waals surface area contributed by atoms with Crippen LogP contribution in [0.2, 0.25) is 0 Å². The van der Waals surface area contributed by atoms with Crippen LogP contribution in [0.1, 0.15) is 21.9 Å². The number of nitrogens with one attached hydrogen (secondary N) is 1. The summed E-state index contributed by atoms with van der Waals surface area (Å²) in [5.41, 5.74) is 1.52. The predicted octanol–water partition coefficient (Wildman–Crippen LogP) is -0.110. The third kappa shape index (κ3) is 3.21. The normalized spacial score (nSPS) is 10.4. The number of hydrogen-bond acceptors (Lipinski definition) is 7. The van der Waals surface area contributed by atoms with Gasteiger partial charge in [0.25, 0.3) is 0 Å². The van der Waals surface area contributed by atoms with E-state index >= 15 is 0 Å². The van der Waals surface area contributed by atoms with Crippen molar-refractivity contribution >= 4 is 11.9 Å². The first kappa shape index (κ1) is 12.9. The van der Waals surface area contributed by atoms with Gasteiger partial charge in [0.2, 0.25) is 5.95 Å². The van der Waals surface area contributed by atoms with Gasteiger partial charge in [-0.05, 0) is 13.8 Å². The summed E-state index contributed by atoms with van der Waals surface area (Å²) >= 11 is 0. The zero-order valence-corrected chi connectivity index (χ0v) is 10.5. The van der Waals surface area contributed by atoms with E-state index in [0.29, 0.717) is 19.0 Å². The predicted molar refractivity (Wildman–Crippen MR) is 64.8 cm³/mol. The Bertz CT molecular complexity index is 595. The number of carboxylic acids is 1. The van der Waals surface area contributed by atoms with E-state index in [4.69, 9.17) is 5.11 Å². The lowest BCUT2D eigenvalue weighted by atomic mass is 10.4. The average Bonchev–Trinajstić information content (AvgIpc) is 2.83. The topological polar surface area (TPSA) is 119 Å². The molecular formula is C10H13N7O2. The van der Waals surface area contributed by atoms with Crippen molar-refractivity contribution in [2.45, 2.75) is 20.4 Å². The minimum Gasteiger partial charge on any atom is -0.476 e. The number of hydrogen-bond donors (Lipinski definition) is 2. The highest BCUT2D eigenvalue weighted by Gasteiger charge is 2.07. The second-order valence-corrected chi connectivity index (χ2v) is 3.91. The van der Waals surface area contributed by atoms with Gasteiger partial charge in [-0.1, -0.05) is 5.21 Å². The van der Waals surface area contributed by atoms with Gasteiger partial charge < -0.3 is 10.4 Å². The summed E-state index contributed by atoms with van der Waals surface area (Å²) in [6, 6.07) is 0. The molecule has 2 heterocycles. The molecule has 0 aliphatic heterocycles. The minimum absolute atomic E-state index is 0.0795. The second kappa shape index (κ2) is 5.38. The van der Waals surface area contributed by atoms with E-state index in [1.54, 1.807) is 0 Å². The Morgan fingerprint density at radius 3 is 2.74 bits per heavy atom. The van der Waals surface area contributed by atoms with Gasteiger partial charge in [0.1, 0.15) is 0 Å². The molecule has 0 spiro atoms. The lowest BCUT2D eigenvalue weighted by Crippen LogP contribution is -2.14. The molecule has 0 aliphatic carbocycles. The highest BCUT2D eigenvalue weighted by Crippen LogP contribution is 2.01. The van der Waals surface area contributed by atoms with Gasteiger partial charge in [0.05, 0.1) is 24.1 Å². The molecule has 0 amide bonds. The van der Waals surface area contributed by atoms with Crippen LogP contribution in [0, 0.1) is 13.8 Å². The number of aryl methyl sites for hydroxylation is 2. The molecule has 2 aromatic rings. The fourth-order valence-corrected chi connectivity index (χ4v) is 1.32. The highest BCUT2D eigenvalue weighted by molar-refractivity contribution is 5.84. The first-order valence-corrected chi connectivity index (χ1v) is 5.61. The number of carboxylic acid groups (broad SMARTS) is 1. The summed E-state index contributed by atoms with van der Waals surface area (Å²) in [5.74, 6) is -0.664. The lowest BCUT2D eigenvalue weighted by Gasteiger charge is -2.05. The van der Waals surface area contributed by atoms with Crippen LogP contribution in [-0.2, 0) is 6.54 Å². The molecule has 0 atom stereocenters. The molecule has 9 heteroatoms. The van der Waals surface area contributed by atoms with Crippen molar-refractivity contribution in [3.63, 3.8) is 0 Å². The minimum atomic E-state index is -1.10. The molecule has 0 aromatic carbocycles. The summed E-state index contributed by atoms with van der Waals surface area (Å²) in [4.78, 5) is 14.8. The largest absolute Gasteiger partial charge is 0.476 e. The monoisotopic (exact) mass is 263 g/mol. The molecule has 2 N–H and O–H groups in total. The quantitative estimate of drug-likeness (QED) is 0.767. The van der Waals surface area contributed by atoms with Crippen LogP contribution in [0.25, 0.3) is 0 Å². The Morgan fingerprint density at radius 1 is 1.32 bits per heavy atom. The molecule has 0 unspecified atom stereocenters. The third-order valence-corrected chi connectivity index (χ3v) is 2.47. The number of nitrogens with zero attached hydrogens (tertiary/aromatic N) is 6. The highest BCUT2D eigenvalue weighted by atomic mass is 16.4. The number of rotatable bonds is 5. The summed E-state index contributed by atoms with van der Waals surface area (Å²) in [7, 11) is 0. The van der Waals surface area contributed by atoms with Crippen LogP contribution in [0.3, 0.4) is 0 Å². The third-order valence-electron chi connectivity index (χ3n) is 2.47. The smallest absolute Gasteiger partial charge is 0.358 e. The van der Waals surface area contributed by atoms with Crippen LogP contribution in [0.4, 0.5) is 5.95 Å². The van der Waals surface area contributed by atoms with Crippen molar-refractivity contribution in [2.75, 3.05) is 11.9 Å². The Balaban J connectivity index is 1.88. The fraction of sp³-hybridized carbons (Fsp3) is 0.400. The molecule has 2 rings (SSSR count). The second-order valence-electron chi connectivity index (χ2n) is 3.91. The maximum atomic E-state index is 10.6. The van der Waals surface area contributed by atoms with Gasteiger partial charge in [0.15, 0.2) is 5.69 Å². The Labute approximate surface area is 108 Å². The molecular weight excluding hydrogens is 250 g/mol. The Morgan fingerprint density at radius 2 is 2.11 bits per heavy atom. The molecule has 9 nitrogen and oxygen atoms in total. The summed E-state index contributed by atoms with van der Waals surface area (Å²) < 4.78 is 1.44. The van der Waals surface area contributed by atoms with Crippen LogP contribution < -0.4 is 5.32 Å². The SMILES string of the molecule is Cc1nnc(NCCn2cc(C(=O)O)nn2)nc1C. The average molecular weight is 263 g/mol. The molecule has 2 aromatic heterocycles. The number of carbonyl (C=O) groups is 1. The van der Waals surface area contributed by atoms with Crippen molar-refractivity contribution in [1.29, 1.82) is 0 Å². The molecule has 0 saturated carbocycles. The molecule has 0 bridgehead atoms. The number of anilines is 1. The zero-order valence-electron chi connectivity index (χ0n) is 10.5. The van der Waals surface area contributed by atoms with Crippen LogP contribution in [0.15, 0.2) is 6.20 Å². The van der Waals surface area contributed by atoms with Crippen molar-refractivity contribution in [3.8, 4) is 0 Å². The standard InChI is InChI=1S/C10H13N7O2/c1-6-7(2)13-15-10(12-6)11-3-4-17-5-8(9(18)19)14-16-17/h5H,3-4H2,1-2H3,(H,18,19)(H,11,12,15). The zero-order chi connectivity index (χ0) is 13.8. The first-order chi connectivity index (χ1) is 9.06. The molecule has 0 saturated heterocycles. The maximum absolute atomic E-state index is 10.6. The van der Waals surface area contributed by atoms with Crippen molar-refractivity contribution < 1.29 is 9.90 Å². The summed E-state index contributed by atoms with van der Waals surface area (Å²) in [5, 5.41) is 26.7. The van der Waals surface area contributed by atoms with E-state index in [1.807, 2.05) is 13.8 Å². The van der Waals surface area contributed by atoms with E-state index in [9.17, 15) is 4.79 Å². The van der Waals surface area contributed by atoms with Crippen molar-refractivity contribution in [2.24, 2.45) is 0 Å². The van der Waals surface area contributed by atoms with E-state index < -0.39 is 5.97 Å². The van der Waals surface area contributed by atoms with Crippen LogP contribution >= 0.6 is 0 Å². The molecule has 19 heavy (non-hydrogen) atoms. The Kier molecular flexibility index (Phi) is 3.64. The number of aromatic carboxylic acids is 1. The van der Waals surface area contributed by atoms with Gasteiger partial charge in [-0.15, -0.1) is 10.2 Å². The summed E-state index contributed by atoms with van der Waals surface area (Å²) in [6.45, 7) is 4.64. The van der Waals surface area contributed by atoms with Crippen LogP contribution in [-0.4, -0.2) is 47.8 Å². The maximum Gasteiger partial charge on any atom is 0.358 e.